The fourth-order valence-electron chi connectivity index (χ4n) is 2.17. The van der Waals surface area contributed by atoms with Crippen LogP contribution in [0.25, 0.3) is 0 Å². The molecule has 114 valence electrons. The lowest BCUT2D eigenvalue weighted by Gasteiger charge is -2.16. The Hall–Kier alpha value is -1.39. The quantitative estimate of drug-likeness (QED) is 0.912. The van der Waals surface area contributed by atoms with E-state index in [0.717, 1.165) is 33.3 Å². The van der Waals surface area contributed by atoms with E-state index in [-0.39, 0.29) is 12.0 Å². The number of aliphatic hydroxyl groups is 1. The summed E-state index contributed by atoms with van der Waals surface area (Å²) in [5, 5.41) is 10.5. The molecule has 1 aromatic carbocycles. The van der Waals surface area contributed by atoms with E-state index in [0.29, 0.717) is 6.61 Å². The standard InChI is InChI=1S/C17H23NO2S/c1-12-7-5-6-8-13(12)20-10-9-15-18-16(17(2,3)4)14(11-19)21-15/h5-8,19H,9-11H2,1-4H3. The first-order valence-corrected chi connectivity index (χ1v) is 8.02. The maximum atomic E-state index is 9.47. The van der Waals surface area contributed by atoms with Crippen LogP contribution >= 0.6 is 11.3 Å². The van der Waals surface area contributed by atoms with Gasteiger partial charge in [0, 0.05) is 11.8 Å². The summed E-state index contributed by atoms with van der Waals surface area (Å²) in [5.74, 6) is 0.924. The van der Waals surface area contributed by atoms with Gasteiger partial charge in [0.25, 0.3) is 0 Å². The summed E-state index contributed by atoms with van der Waals surface area (Å²) in [6, 6.07) is 8.01. The molecule has 1 aromatic heterocycles. The number of benzene rings is 1. The van der Waals surface area contributed by atoms with E-state index < -0.39 is 0 Å². The van der Waals surface area contributed by atoms with Gasteiger partial charge in [-0.25, -0.2) is 4.98 Å². The highest BCUT2D eigenvalue weighted by molar-refractivity contribution is 7.11. The predicted octanol–water partition coefficient (Wildman–Crippen LogP) is 3.86. The van der Waals surface area contributed by atoms with Crippen LogP contribution in [-0.4, -0.2) is 16.7 Å². The molecule has 3 nitrogen and oxygen atoms in total. The molecule has 1 heterocycles. The lowest BCUT2D eigenvalue weighted by Crippen LogP contribution is -2.14. The number of aryl methyl sites for hydroxylation is 1. The Bertz CT molecular complexity index is 599. The van der Waals surface area contributed by atoms with Gasteiger partial charge in [-0.2, -0.15) is 0 Å². The Kier molecular flexibility index (Phi) is 5.01. The van der Waals surface area contributed by atoms with Crippen molar-refractivity contribution in [1.82, 2.24) is 4.98 Å². The van der Waals surface area contributed by atoms with Crippen LogP contribution in [0.4, 0.5) is 0 Å². The van der Waals surface area contributed by atoms with Crippen molar-refractivity contribution in [3.8, 4) is 5.75 Å². The average Bonchev–Trinajstić information content (AvgIpc) is 2.84. The van der Waals surface area contributed by atoms with Crippen LogP contribution < -0.4 is 4.74 Å². The summed E-state index contributed by atoms with van der Waals surface area (Å²) in [5.41, 5.74) is 2.10. The molecule has 0 saturated carbocycles. The topological polar surface area (TPSA) is 42.4 Å². The van der Waals surface area contributed by atoms with Crippen LogP contribution in [0.2, 0.25) is 0 Å². The number of para-hydroxylation sites is 1. The molecule has 0 saturated heterocycles. The lowest BCUT2D eigenvalue weighted by molar-refractivity contribution is 0.282. The monoisotopic (exact) mass is 305 g/mol. The molecular formula is C17H23NO2S. The molecule has 0 aliphatic heterocycles. The number of aliphatic hydroxyl groups excluding tert-OH is 1. The second-order valence-electron chi connectivity index (χ2n) is 6.15. The van der Waals surface area contributed by atoms with Gasteiger partial charge in [-0.15, -0.1) is 11.3 Å². The first kappa shape index (κ1) is 16.0. The molecule has 0 radical (unpaired) electrons. The average molecular weight is 305 g/mol. The molecule has 2 aromatic rings. The molecular weight excluding hydrogens is 282 g/mol. The van der Waals surface area contributed by atoms with E-state index in [2.05, 4.69) is 25.8 Å². The Morgan fingerprint density at radius 3 is 2.52 bits per heavy atom. The number of ether oxygens (including phenoxy) is 1. The summed E-state index contributed by atoms with van der Waals surface area (Å²) >= 11 is 1.58. The minimum atomic E-state index is -0.0380. The van der Waals surface area contributed by atoms with Crippen molar-refractivity contribution < 1.29 is 9.84 Å². The normalized spacial score (nSPS) is 11.7. The van der Waals surface area contributed by atoms with Crippen LogP contribution in [0.1, 0.15) is 41.9 Å². The van der Waals surface area contributed by atoms with Gasteiger partial charge < -0.3 is 9.84 Å². The van der Waals surface area contributed by atoms with Gasteiger partial charge in [-0.1, -0.05) is 39.0 Å². The number of aromatic nitrogens is 1. The van der Waals surface area contributed by atoms with Crippen LogP contribution in [-0.2, 0) is 18.4 Å². The van der Waals surface area contributed by atoms with E-state index in [9.17, 15) is 5.11 Å². The molecule has 0 fully saturated rings. The van der Waals surface area contributed by atoms with E-state index >= 15 is 0 Å². The van der Waals surface area contributed by atoms with Gasteiger partial charge in [-0.3, -0.25) is 0 Å². The molecule has 0 aliphatic rings. The maximum absolute atomic E-state index is 9.47. The van der Waals surface area contributed by atoms with Crippen LogP contribution in [0.5, 0.6) is 5.75 Å². The van der Waals surface area contributed by atoms with Crippen molar-refractivity contribution in [3.63, 3.8) is 0 Å². The van der Waals surface area contributed by atoms with Crippen LogP contribution in [0, 0.1) is 6.92 Å². The maximum Gasteiger partial charge on any atom is 0.122 e. The van der Waals surface area contributed by atoms with Crippen molar-refractivity contribution in [2.45, 2.75) is 46.1 Å². The molecule has 21 heavy (non-hydrogen) atoms. The SMILES string of the molecule is Cc1ccccc1OCCc1nc(C(C)(C)C)c(CO)s1. The highest BCUT2D eigenvalue weighted by atomic mass is 32.1. The minimum Gasteiger partial charge on any atom is -0.493 e. The van der Waals surface area contributed by atoms with Crippen molar-refractivity contribution in [3.05, 3.63) is 45.4 Å². The van der Waals surface area contributed by atoms with Crippen LogP contribution in [0.3, 0.4) is 0 Å². The van der Waals surface area contributed by atoms with Crippen molar-refractivity contribution >= 4 is 11.3 Å². The van der Waals surface area contributed by atoms with E-state index in [1.807, 2.05) is 31.2 Å². The number of hydrogen-bond acceptors (Lipinski definition) is 4. The Balaban J connectivity index is 2.01. The summed E-state index contributed by atoms with van der Waals surface area (Å²) in [6.07, 6.45) is 0.766. The molecule has 1 N–H and O–H groups in total. The largest absolute Gasteiger partial charge is 0.493 e. The predicted molar refractivity (Wildman–Crippen MR) is 87.1 cm³/mol. The second kappa shape index (κ2) is 6.58. The highest BCUT2D eigenvalue weighted by Gasteiger charge is 2.22. The third kappa shape index (κ3) is 4.05. The van der Waals surface area contributed by atoms with Crippen molar-refractivity contribution in [2.24, 2.45) is 0 Å². The van der Waals surface area contributed by atoms with E-state index in [1.165, 1.54) is 0 Å². The van der Waals surface area contributed by atoms with Gasteiger partial charge >= 0.3 is 0 Å². The summed E-state index contributed by atoms with van der Waals surface area (Å²) in [4.78, 5) is 5.65. The van der Waals surface area contributed by atoms with E-state index in [1.54, 1.807) is 11.3 Å². The Labute approximate surface area is 130 Å². The van der Waals surface area contributed by atoms with Gasteiger partial charge in [0.15, 0.2) is 0 Å². The number of rotatable bonds is 5. The first-order chi connectivity index (χ1) is 9.91. The first-order valence-electron chi connectivity index (χ1n) is 7.20. The van der Waals surface area contributed by atoms with Gasteiger partial charge in [0.1, 0.15) is 5.75 Å². The molecule has 0 atom stereocenters. The van der Waals surface area contributed by atoms with Crippen LogP contribution in [0.15, 0.2) is 24.3 Å². The minimum absolute atomic E-state index is 0.0380. The lowest BCUT2D eigenvalue weighted by atomic mass is 9.91. The zero-order valence-corrected chi connectivity index (χ0v) is 14.0. The molecule has 4 heteroatoms. The zero-order valence-electron chi connectivity index (χ0n) is 13.1. The molecule has 2 rings (SSSR count). The molecule has 0 aliphatic carbocycles. The fourth-order valence-corrected chi connectivity index (χ4v) is 3.29. The van der Waals surface area contributed by atoms with E-state index in [4.69, 9.17) is 4.74 Å². The molecule has 0 bridgehead atoms. The third-order valence-electron chi connectivity index (χ3n) is 3.26. The van der Waals surface area contributed by atoms with Gasteiger partial charge in [0.05, 0.1) is 28.8 Å². The highest BCUT2D eigenvalue weighted by Crippen LogP contribution is 2.30. The van der Waals surface area contributed by atoms with Crippen molar-refractivity contribution in [2.75, 3.05) is 6.61 Å². The Morgan fingerprint density at radius 1 is 1.24 bits per heavy atom. The number of nitrogens with zero attached hydrogens (tertiary/aromatic N) is 1. The smallest absolute Gasteiger partial charge is 0.122 e. The molecule has 0 spiro atoms. The summed E-state index contributed by atoms with van der Waals surface area (Å²) in [6.45, 7) is 9.06. The van der Waals surface area contributed by atoms with Gasteiger partial charge in [0.2, 0.25) is 0 Å². The van der Waals surface area contributed by atoms with Gasteiger partial charge in [-0.05, 0) is 18.6 Å². The molecule has 0 amide bonds. The number of hydrogen-bond donors (Lipinski definition) is 1. The van der Waals surface area contributed by atoms with Crippen molar-refractivity contribution in [1.29, 1.82) is 0 Å². The molecule has 0 unspecified atom stereocenters. The summed E-state index contributed by atoms with van der Waals surface area (Å²) in [7, 11) is 0. The zero-order chi connectivity index (χ0) is 15.5. The Morgan fingerprint density at radius 2 is 1.95 bits per heavy atom. The summed E-state index contributed by atoms with van der Waals surface area (Å²) < 4.78 is 5.81. The second-order valence-corrected chi connectivity index (χ2v) is 7.32. The fraction of sp³-hybridized carbons (Fsp3) is 0.471. The third-order valence-corrected chi connectivity index (χ3v) is 4.36. The number of thiazole rings is 1.